The highest BCUT2D eigenvalue weighted by molar-refractivity contribution is 5.64. The number of ether oxygens (including phenoxy) is 2. The van der Waals surface area contributed by atoms with Crippen LogP contribution in [0.4, 0.5) is 0 Å². The van der Waals surface area contributed by atoms with Gasteiger partial charge in [0.15, 0.2) is 0 Å². The van der Waals surface area contributed by atoms with Crippen LogP contribution in [0.2, 0.25) is 0 Å². The first kappa shape index (κ1) is 15.3. The number of aromatic nitrogens is 2. The highest BCUT2D eigenvalue weighted by Crippen LogP contribution is 2.32. The molecule has 1 N–H and O–H groups in total. The minimum absolute atomic E-state index is 0.441. The third-order valence-electron chi connectivity index (χ3n) is 3.05. The van der Waals surface area contributed by atoms with Crippen LogP contribution in [-0.4, -0.2) is 37.5 Å². The van der Waals surface area contributed by atoms with Crippen LogP contribution in [-0.2, 0) is 6.42 Å². The lowest BCUT2D eigenvalue weighted by Gasteiger charge is -2.07. The van der Waals surface area contributed by atoms with Crippen molar-refractivity contribution in [1.29, 1.82) is 0 Å². The summed E-state index contributed by atoms with van der Waals surface area (Å²) in [6, 6.07) is 5.47. The normalized spacial score (nSPS) is 10.6. The zero-order valence-corrected chi connectivity index (χ0v) is 12.7. The van der Waals surface area contributed by atoms with E-state index in [0.717, 1.165) is 30.8 Å². The van der Waals surface area contributed by atoms with Gasteiger partial charge in [-0.3, -0.25) is 0 Å². The third-order valence-corrected chi connectivity index (χ3v) is 3.05. The van der Waals surface area contributed by atoms with E-state index < -0.39 is 0 Å². The molecule has 114 valence electrons. The van der Waals surface area contributed by atoms with Gasteiger partial charge in [-0.1, -0.05) is 6.92 Å². The second-order valence-electron chi connectivity index (χ2n) is 4.57. The van der Waals surface area contributed by atoms with Gasteiger partial charge in [0.25, 0.3) is 5.89 Å². The van der Waals surface area contributed by atoms with Gasteiger partial charge >= 0.3 is 0 Å². The molecule has 1 heterocycles. The fraction of sp³-hybridized carbons (Fsp3) is 0.467. The van der Waals surface area contributed by atoms with Gasteiger partial charge in [-0.15, -0.1) is 10.2 Å². The molecular formula is C15H21N3O3. The van der Waals surface area contributed by atoms with Crippen molar-refractivity contribution in [1.82, 2.24) is 15.5 Å². The molecule has 0 aliphatic carbocycles. The van der Waals surface area contributed by atoms with Gasteiger partial charge in [-0.2, -0.15) is 0 Å². The summed E-state index contributed by atoms with van der Waals surface area (Å²) in [7, 11) is 3.22. The predicted octanol–water partition coefficient (Wildman–Crippen LogP) is 2.30. The fourth-order valence-corrected chi connectivity index (χ4v) is 1.94. The van der Waals surface area contributed by atoms with E-state index in [1.54, 1.807) is 14.2 Å². The molecule has 0 fully saturated rings. The van der Waals surface area contributed by atoms with Gasteiger partial charge in [-0.05, 0) is 31.2 Å². The SMILES string of the molecule is CCCNCCc1nnc(-c2cc(OC)ccc2OC)o1. The molecular weight excluding hydrogens is 270 g/mol. The molecule has 1 aromatic heterocycles. The van der Waals surface area contributed by atoms with Crippen molar-refractivity contribution in [2.45, 2.75) is 19.8 Å². The van der Waals surface area contributed by atoms with Crippen LogP contribution in [0.15, 0.2) is 22.6 Å². The van der Waals surface area contributed by atoms with E-state index in [9.17, 15) is 0 Å². The Morgan fingerprint density at radius 3 is 2.71 bits per heavy atom. The molecule has 0 saturated carbocycles. The van der Waals surface area contributed by atoms with Crippen molar-refractivity contribution in [3.8, 4) is 23.0 Å². The van der Waals surface area contributed by atoms with Crippen LogP contribution >= 0.6 is 0 Å². The molecule has 1 aromatic carbocycles. The van der Waals surface area contributed by atoms with Gasteiger partial charge in [0, 0.05) is 13.0 Å². The maximum absolute atomic E-state index is 5.69. The summed E-state index contributed by atoms with van der Waals surface area (Å²) in [4.78, 5) is 0. The van der Waals surface area contributed by atoms with Crippen LogP contribution in [0.3, 0.4) is 0 Å². The lowest BCUT2D eigenvalue weighted by Crippen LogP contribution is -2.17. The average Bonchev–Trinajstić information content (AvgIpc) is 2.99. The Kier molecular flexibility index (Phi) is 5.57. The number of nitrogens with one attached hydrogen (secondary N) is 1. The second kappa shape index (κ2) is 7.64. The van der Waals surface area contributed by atoms with Gasteiger partial charge in [0.05, 0.1) is 19.8 Å². The average molecular weight is 291 g/mol. The van der Waals surface area contributed by atoms with Gasteiger partial charge in [-0.25, -0.2) is 0 Å². The van der Waals surface area contributed by atoms with E-state index in [4.69, 9.17) is 13.9 Å². The summed E-state index contributed by atoms with van der Waals surface area (Å²) >= 11 is 0. The minimum Gasteiger partial charge on any atom is -0.497 e. The standard InChI is InChI=1S/C15H21N3O3/c1-4-8-16-9-7-14-17-18-15(21-14)12-10-11(19-2)5-6-13(12)20-3/h5-6,10,16H,4,7-9H2,1-3H3. The Bertz CT molecular complexity index is 569. The summed E-state index contributed by atoms with van der Waals surface area (Å²) in [5.41, 5.74) is 0.733. The molecule has 0 aliphatic rings. The maximum Gasteiger partial charge on any atom is 0.251 e. The quantitative estimate of drug-likeness (QED) is 0.753. The first-order valence-corrected chi connectivity index (χ1v) is 7.04. The number of methoxy groups -OCH3 is 2. The maximum atomic E-state index is 5.69. The molecule has 0 bridgehead atoms. The Balaban J connectivity index is 2.13. The second-order valence-corrected chi connectivity index (χ2v) is 4.57. The van der Waals surface area contributed by atoms with Crippen LogP contribution < -0.4 is 14.8 Å². The zero-order valence-electron chi connectivity index (χ0n) is 12.7. The Morgan fingerprint density at radius 1 is 1.14 bits per heavy atom. The smallest absolute Gasteiger partial charge is 0.251 e. The Labute approximate surface area is 124 Å². The molecule has 0 radical (unpaired) electrons. The van der Waals surface area contributed by atoms with E-state index in [1.165, 1.54) is 0 Å². The van der Waals surface area contributed by atoms with Gasteiger partial charge in [0.2, 0.25) is 5.89 Å². The minimum atomic E-state index is 0.441. The highest BCUT2D eigenvalue weighted by atomic mass is 16.5. The number of benzene rings is 1. The molecule has 0 aliphatic heterocycles. The largest absolute Gasteiger partial charge is 0.497 e. The molecule has 6 heteroatoms. The predicted molar refractivity (Wildman–Crippen MR) is 79.7 cm³/mol. The first-order chi connectivity index (χ1) is 10.3. The summed E-state index contributed by atoms with van der Waals surface area (Å²) in [6.45, 7) is 3.95. The van der Waals surface area contributed by atoms with E-state index in [1.807, 2.05) is 18.2 Å². The number of hydrogen-bond donors (Lipinski definition) is 1. The van der Waals surface area contributed by atoms with Crippen LogP contribution in [0.5, 0.6) is 11.5 Å². The lowest BCUT2D eigenvalue weighted by atomic mass is 10.2. The number of nitrogens with zero attached hydrogens (tertiary/aromatic N) is 2. The monoisotopic (exact) mass is 291 g/mol. The van der Waals surface area contributed by atoms with Gasteiger partial charge < -0.3 is 19.2 Å². The zero-order chi connectivity index (χ0) is 15.1. The van der Waals surface area contributed by atoms with Crippen LogP contribution in [0.25, 0.3) is 11.5 Å². The number of hydrogen-bond acceptors (Lipinski definition) is 6. The molecule has 21 heavy (non-hydrogen) atoms. The molecule has 0 unspecified atom stereocenters. The molecule has 0 amide bonds. The molecule has 2 aromatic rings. The van der Waals surface area contributed by atoms with E-state index in [-0.39, 0.29) is 0 Å². The van der Waals surface area contributed by atoms with Crippen LogP contribution in [0.1, 0.15) is 19.2 Å². The molecule has 0 saturated heterocycles. The summed E-state index contributed by atoms with van der Waals surface area (Å²) in [5, 5.41) is 11.5. The third kappa shape index (κ3) is 3.95. The first-order valence-electron chi connectivity index (χ1n) is 7.04. The summed E-state index contributed by atoms with van der Waals surface area (Å²) in [5.74, 6) is 2.44. The summed E-state index contributed by atoms with van der Waals surface area (Å²) in [6.07, 6.45) is 1.81. The van der Waals surface area contributed by atoms with Crippen molar-refractivity contribution < 1.29 is 13.9 Å². The fourth-order valence-electron chi connectivity index (χ4n) is 1.94. The Hall–Kier alpha value is -2.08. The summed E-state index contributed by atoms with van der Waals surface area (Å²) < 4.78 is 16.2. The van der Waals surface area contributed by atoms with E-state index >= 15 is 0 Å². The van der Waals surface area contributed by atoms with E-state index in [0.29, 0.717) is 24.0 Å². The molecule has 0 atom stereocenters. The lowest BCUT2D eigenvalue weighted by molar-refractivity contribution is 0.402. The number of rotatable bonds is 8. The topological polar surface area (TPSA) is 69.4 Å². The van der Waals surface area contributed by atoms with Crippen molar-refractivity contribution >= 4 is 0 Å². The Morgan fingerprint density at radius 2 is 2.00 bits per heavy atom. The van der Waals surface area contributed by atoms with E-state index in [2.05, 4.69) is 22.4 Å². The highest BCUT2D eigenvalue weighted by Gasteiger charge is 2.14. The van der Waals surface area contributed by atoms with Crippen molar-refractivity contribution in [2.75, 3.05) is 27.3 Å². The van der Waals surface area contributed by atoms with Gasteiger partial charge in [0.1, 0.15) is 11.5 Å². The molecule has 0 spiro atoms. The van der Waals surface area contributed by atoms with Crippen molar-refractivity contribution in [2.24, 2.45) is 0 Å². The molecule has 6 nitrogen and oxygen atoms in total. The van der Waals surface area contributed by atoms with Crippen molar-refractivity contribution in [3.05, 3.63) is 24.1 Å². The van der Waals surface area contributed by atoms with Crippen molar-refractivity contribution in [3.63, 3.8) is 0 Å². The molecule has 2 rings (SSSR count). The van der Waals surface area contributed by atoms with Crippen LogP contribution in [0, 0.1) is 0 Å².